The molecule has 1 amide bonds. The first-order valence-corrected chi connectivity index (χ1v) is 8.75. The van der Waals surface area contributed by atoms with Crippen LogP contribution in [0.3, 0.4) is 0 Å². The molecule has 0 saturated heterocycles. The number of hydrogen-bond acceptors (Lipinski definition) is 2. The average molecular weight is 366 g/mol. The number of benzene rings is 1. The molecule has 0 bridgehead atoms. The minimum atomic E-state index is 0.194. The predicted octanol–water partition coefficient (Wildman–Crippen LogP) is 4.66. The van der Waals surface area contributed by atoms with Crippen molar-refractivity contribution < 1.29 is 4.79 Å². The monoisotopic (exact) mass is 365 g/mol. The number of hydrogen-bond donors (Lipinski definition) is 0. The topological polar surface area (TPSA) is 20.3 Å². The zero-order valence-corrected chi connectivity index (χ0v) is 14.8. The van der Waals surface area contributed by atoms with Gasteiger partial charge in [-0.15, -0.1) is 11.3 Å². The number of halogens is 1. The van der Waals surface area contributed by atoms with Crippen molar-refractivity contribution in [3.05, 3.63) is 56.2 Å². The van der Waals surface area contributed by atoms with Gasteiger partial charge in [0.2, 0.25) is 5.91 Å². The van der Waals surface area contributed by atoms with Crippen LogP contribution in [0.5, 0.6) is 0 Å². The van der Waals surface area contributed by atoms with Gasteiger partial charge in [-0.3, -0.25) is 4.79 Å². The molecule has 112 valence electrons. The van der Waals surface area contributed by atoms with E-state index in [2.05, 4.69) is 53.2 Å². The molecule has 0 aliphatic carbocycles. The Morgan fingerprint density at radius 2 is 1.81 bits per heavy atom. The molecular weight excluding hydrogens is 346 g/mol. The van der Waals surface area contributed by atoms with Crippen molar-refractivity contribution in [1.82, 2.24) is 4.90 Å². The highest BCUT2D eigenvalue weighted by molar-refractivity contribution is 9.11. The Labute approximate surface area is 138 Å². The molecule has 1 aromatic carbocycles. The molecule has 21 heavy (non-hydrogen) atoms. The number of amides is 1. The summed E-state index contributed by atoms with van der Waals surface area (Å²) in [5, 5.41) is 0. The molecule has 1 heterocycles. The molecule has 0 atom stereocenters. The Kier molecular flexibility index (Phi) is 6.00. The summed E-state index contributed by atoms with van der Waals surface area (Å²) in [6, 6.07) is 12.6. The Morgan fingerprint density at radius 1 is 1.14 bits per heavy atom. The maximum atomic E-state index is 12.2. The van der Waals surface area contributed by atoms with Crippen LogP contribution in [0.25, 0.3) is 0 Å². The van der Waals surface area contributed by atoms with Gasteiger partial charge < -0.3 is 4.90 Å². The quantitative estimate of drug-likeness (QED) is 0.728. The molecule has 2 aromatic rings. The van der Waals surface area contributed by atoms with E-state index >= 15 is 0 Å². The minimum Gasteiger partial charge on any atom is -0.341 e. The average Bonchev–Trinajstić information content (AvgIpc) is 2.90. The summed E-state index contributed by atoms with van der Waals surface area (Å²) in [5.41, 5.74) is 2.57. The first kappa shape index (κ1) is 16.2. The molecule has 1 aromatic heterocycles. The highest BCUT2D eigenvalue weighted by atomic mass is 79.9. The molecular formula is C17H20BrNOS. The van der Waals surface area contributed by atoms with E-state index in [1.165, 1.54) is 16.0 Å². The first-order chi connectivity index (χ1) is 10.1. The van der Waals surface area contributed by atoms with E-state index in [-0.39, 0.29) is 5.91 Å². The van der Waals surface area contributed by atoms with Crippen LogP contribution in [0.1, 0.15) is 29.3 Å². The smallest absolute Gasteiger partial charge is 0.222 e. The summed E-state index contributed by atoms with van der Waals surface area (Å²) in [7, 11) is 1.87. The third-order valence-corrected chi connectivity index (χ3v) is 5.11. The van der Waals surface area contributed by atoms with Crippen molar-refractivity contribution in [2.75, 3.05) is 7.05 Å². The van der Waals surface area contributed by atoms with E-state index < -0.39 is 0 Å². The number of rotatable bonds is 6. The number of carbonyl (C=O) groups excluding carboxylic acids is 1. The minimum absolute atomic E-state index is 0.194. The van der Waals surface area contributed by atoms with E-state index in [9.17, 15) is 4.79 Å². The fraction of sp³-hybridized carbons (Fsp3) is 0.353. The summed E-state index contributed by atoms with van der Waals surface area (Å²) >= 11 is 5.12. The van der Waals surface area contributed by atoms with Gasteiger partial charge in [0, 0.05) is 18.3 Å². The zero-order chi connectivity index (χ0) is 15.2. The molecule has 2 rings (SSSR count). The number of thiophene rings is 1. The van der Waals surface area contributed by atoms with Gasteiger partial charge in [0.05, 0.1) is 10.3 Å². The Bertz CT molecular complexity index is 591. The van der Waals surface area contributed by atoms with Gasteiger partial charge in [-0.2, -0.15) is 0 Å². The summed E-state index contributed by atoms with van der Waals surface area (Å²) in [6.07, 6.45) is 2.42. The third kappa shape index (κ3) is 4.97. The van der Waals surface area contributed by atoms with Crippen LogP contribution in [0, 0.1) is 0 Å². The second-order valence-electron chi connectivity index (χ2n) is 5.13. The molecule has 0 saturated carbocycles. The summed E-state index contributed by atoms with van der Waals surface area (Å²) in [4.78, 5) is 15.2. The van der Waals surface area contributed by atoms with Crippen LogP contribution >= 0.6 is 27.3 Å². The maximum Gasteiger partial charge on any atom is 0.222 e. The van der Waals surface area contributed by atoms with Gasteiger partial charge in [0.25, 0.3) is 0 Å². The second-order valence-corrected chi connectivity index (χ2v) is 7.67. The van der Waals surface area contributed by atoms with Crippen molar-refractivity contribution in [1.29, 1.82) is 0 Å². The van der Waals surface area contributed by atoms with E-state index in [1.54, 1.807) is 16.2 Å². The highest BCUT2D eigenvalue weighted by Crippen LogP contribution is 2.23. The third-order valence-electron chi connectivity index (χ3n) is 3.51. The van der Waals surface area contributed by atoms with Crippen molar-refractivity contribution in [3.63, 3.8) is 0 Å². The fourth-order valence-corrected chi connectivity index (χ4v) is 3.68. The van der Waals surface area contributed by atoms with Gasteiger partial charge in [0.15, 0.2) is 0 Å². The molecule has 0 spiro atoms. The van der Waals surface area contributed by atoms with E-state index in [0.29, 0.717) is 13.0 Å². The normalized spacial score (nSPS) is 10.6. The predicted molar refractivity (Wildman–Crippen MR) is 92.6 cm³/mol. The van der Waals surface area contributed by atoms with Gasteiger partial charge >= 0.3 is 0 Å². The van der Waals surface area contributed by atoms with Crippen LogP contribution in [-0.2, 0) is 24.2 Å². The molecule has 0 fully saturated rings. The van der Waals surface area contributed by atoms with E-state index in [1.807, 2.05) is 13.1 Å². The standard InChI is InChI=1S/C17H20BrNOS/c1-3-13-4-6-14(7-5-13)8-11-17(20)19(2)12-15-9-10-16(18)21-15/h4-7,9-10H,3,8,11-12H2,1-2H3. The lowest BCUT2D eigenvalue weighted by Crippen LogP contribution is -2.25. The van der Waals surface area contributed by atoms with Crippen molar-refractivity contribution in [2.24, 2.45) is 0 Å². The molecule has 0 aliphatic heterocycles. The number of carbonyl (C=O) groups is 1. The van der Waals surface area contributed by atoms with E-state index in [0.717, 1.165) is 16.6 Å². The van der Waals surface area contributed by atoms with Crippen LogP contribution in [0.15, 0.2) is 40.2 Å². The van der Waals surface area contributed by atoms with Crippen molar-refractivity contribution in [3.8, 4) is 0 Å². The molecule has 4 heteroatoms. The van der Waals surface area contributed by atoms with E-state index in [4.69, 9.17) is 0 Å². The lowest BCUT2D eigenvalue weighted by atomic mass is 10.1. The van der Waals surface area contributed by atoms with Crippen molar-refractivity contribution in [2.45, 2.75) is 32.7 Å². The zero-order valence-electron chi connectivity index (χ0n) is 12.4. The van der Waals surface area contributed by atoms with Crippen molar-refractivity contribution >= 4 is 33.2 Å². The van der Waals surface area contributed by atoms with Crippen LogP contribution in [-0.4, -0.2) is 17.9 Å². The molecule has 0 aliphatic rings. The number of aryl methyl sites for hydroxylation is 2. The van der Waals surface area contributed by atoms with Crippen LogP contribution in [0.2, 0.25) is 0 Å². The second kappa shape index (κ2) is 7.76. The van der Waals surface area contributed by atoms with Crippen LogP contribution in [0.4, 0.5) is 0 Å². The fourth-order valence-electron chi connectivity index (χ4n) is 2.14. The molecule has 0 N–H and O–H groups in total. The van der Waals surface area contributed by atoms with Gasteiger partial charge in [-0.25, -0.2) is 0 Å². The maximum absolute atomic E-state index is 12.2. The van der Waals surface area contributed by atoms with Gasteiger partial charge in [0.1, 0.15) is 0 Å². The SMILES string of the molecule is CCc1ccc(CCC(=O)N(C)Cc2ccc(Br)s2)cc1. The van der Waals surface area contributed by atoms with Crippen LogP contribution < -0.4 is 0 Å². The summed E-state index contributed by atoms with van der Waals surface area (Å²) in [6.45, 7) is 2.83. The summed E-state index contributed by atoms with van der Waals surface area (Å²) in [5.74, 6) is 0.194. The Hall–Kier alpha value is -1.13. The molecule has 0 radical (unpaired) electrons. The number of nitrogens with zero attached hydrogens (tertiary/aromatic N) is 1. The first-order valence-electron chi connectivity index (χ1n) is 7.14. The Morgan fingerprint density at radius 3 is 2.38 bits per heavy atom. The lowest BCUT2D eigenvalue weighted by Gasteiger charge is -2.16. The largest absolute Gasteiger partial charge is 0.341 e. The van der Waals surface area contributed by atoms with Gasteiger partial charge in [-0.05, 0) is 52.0 Å². The Balaban J connectivity index is 1.82. The van der Waals surface area contributed by atoms with Gasteiger partial charge in [-0.1, -0.05) is 31.2 Å². The highest BCUT2D eigenvalue weighted by Gasteiger charge is 2.10. The summed E-state index contributed by atoms with van der Waals surface area (Å²) < 4.78 is 1.11. The lowest BCUT2D eigenvalue weighted by molar-refractivity contribution is -0.130. The molecule has 0 unspecified atom stereocenters. The molecule has 2 nitrogen and oxygen atoms in total.